The van der Waals surface area contributed by atoms with Crippen LogP contribution >= 0.6 is 35.0 Å². The number of aromatic nitrogens is 2. The maximum atomic E-state index is 10.9. The molecule has 0 saturated heterocycles. The van der Waals surface area contributed by atoms with Gasteiger partial charge in [0.2, 0.25) is 5.91 Å². The Bertz CT molecular complexity index is 348. The zero-order chi connectivity index (χ0) is 10.6. The van der Waals surface area contributed by atoms with Crippen LogP contribution in [0, 0.1) is 0 Å². The lowest BCUT2D eigenvalue weighted by atomic mass is 10.6. The second kappa shape index (κ2) is 5.38. The number of rotatable bonds is 3. The highest BCUT2D eigenvalue weighted by Gasteiger charge is 2.06. The lowest BCUT2D eigenvalue weighted by molar-refractivity contribution is -0.118. The van der Waals surface area contributed by atoms with Crippen molar-refractivity contribution < 1.29 is 4.79 Å². The Morgan fingerprint density at radius 2 is 2.29 bits per heavy atom. The van der Waals surface area contributed by atoms with Crippen LogP contribution in [0.2, 0.25) is 10.3 Å². The van der Waals surface area contributed by atoms with Crippen molar-refractivity contribution in [2.45, 2.75) is 4.90 Å². The highest BCUT2D eigenvalue weighted by atomic mass is 35.5. The summed E-state index contributed by atoms with van der Waals surface area (Å²) in [5.74, 6) is 0.192. The second-order valence-corrected chi connectivity index (χ2v) is 4.05. The minimum Gasteiger partial charge on any atom is -0.358 e. The first-order chi connectivity index (χ1) is 6.63. The fourth-order valence-electron chi connectivity index (χ4n) is 0.654. The first kappa shape index (κ1) is 11.6. The number of halogens is 2. The van der Waals surface area contributed by atoms with E-state index in [2.05, 4.69) is 15.5 Å². The SMILES string of the molecule is CNC(=O)CSc1cc(Cl)nnc1Cl. The highest BCUT2D eigenvalue weighted by molar-refractivity contribution is 8.00. The summed E-state index contributed by atoms with van der Waals surface area (Å²) in [5, 5.41) is 10.2. The van der Waals surface area contributed by atoms with Gasteiger partial charge < -0.3 is 5.32 Å². The monoisotopic (exact) mass is 251 g/mol. The predicted octanol–water partition coefficient (Wildman–Crippen LogP) is 1.62. The molecule has 0 fully saturated rings. The van der Waals surface area contributed by atoms with Crippen LogP contribution in [0.25, 0.3) is 0 Å². The summed E-state index contributed by atoms with van der Waals surface area (Å²) in [7, 11) is 1.57. The Labute approximate surface area is 95.4 Å². The topological polar surface area (TPSA) is 54.9 Å². The Balaban J connectivity index is 2.66. The molecule has 0 aliphatic rings. The van der Waals surface area contributed by atoms with Crippen molar-refractivity contribution in [3.8, 4) is 0 Å². The molecule has 1 rings (SSSR count). The van der Waals surface area contributed by atoms with Crippen LogP contribution < -0.4 is 5.32 Å². The molecule has 0 unspecified atom stereocenters. The second-order valence-electron chi connectivity index (χ2n) is 2.28. The van der Waals surface area contributed by atoms with Crippen molar-refractivity contribution in [2.75, 3.05) is 12.8 Å². The van der Waals surface area contributed by atoms with Gasteiger partial charge in [0.1, 0.15) is 0 Å². The fraction of sp³-hybridized carbons (Fsp3) is 0.286. The van der Waals surface area contributed by atoms with Gasteiger partial charge in [-0.05, 0) is 6.07 Å². The smallest absolute Gasteiger partial charge is 0.230 e. The highest BCUT2D eigenvalue weighted by Crippen LogP contribution is 2.26. The number of carbonyl (C=O) groups is 1. The molecule has 0 aliphatic heterocycles. The lowest BCUT2D eigenvalue weighted by Crippen LogP contribution is -2.19. The Morgan fingerprint density at radius 1 is 1.57 bits per heavy atom. The van der Waals surface area contributed by atoms with E-state index in [0.29, 0.717) is 4.90 Å². The van der Waals surface area contributed by atoms with E-state index in [-0.39, 0.29) is 22.0 Å². The summed E-state index contributed by atoms with van der Waals surface area (Å²) >= 11 is 12.6. The third-order valence-corrected chi connectivity index (χ3v) is 2.93. The molecule has 7 heteroatoms. The van der Waals surface area contributed by atoms with E-state index in [0.717, 1.165) is 0 Å². The molecule has 0 spiro atoms. The molecule has 1 aromatic heterocycles. The molecule has 0 atom stereocenters. The van der Waals surface area contributed by atoms with Gasteiger partial charge >= 0.3 is 0 Å². The van der Waals surface area contributed by atoms with E-state index in [1.807, 2.05) is 0 Å². The Morgan fingerprint density at radius 3 is 2.93 bits per heavy atom. The standard InChI is InChI=1S/C7H7Cl2N3OS/c1-10-6(13)3-14-4-2-5(8)11-12-7(4)9/h2H,3H2,1H3,(H,10,13). The van der Waals surface area contributed by atoms with Crippen LogP contribution in [0.4, 0.5) is 0 Å². The minimum atomic E-state index is -0.0843. The van der Waals surface area contributed by atoms with Gasteiger partial charge in [-0.3, -0.25) is 4.79 Å². The van der Waals surface area contributed by atoms with Gasteiger partial charge in [-0.1, -0.05) is 23.2 Å². The van der Waals surface area contributed by atoms with Crippen LogP contribution in [0.5, 0.6) is 0 Å². The van der Waals surface area contributed by atoms with E-state index in [9.17, 15) is 4.79 Å². The number of hydrogen-bond acceptors (Lipinski definition) is 4. The summed E-state index contributed by atoms with van der Waals surface area (Å²) in [6.07, 6.45) is 0. The summed E-state index contributed by atoms with van der Waals surface area (Å²) in [6.45, 7) is 0. The largest absolute Gasteiger partial charge is 0.358 e. The first-order valence-electron chi connectivity index (χ1n) is 3.65. The summed E-state index contributed by atoms with van der Waals surface area (Å²) in [4.78, 5) is 11.6. The molecule has 1 heterocycles. The molecule has 0 aliphatic carbocycles. The van der Waals surface area contributed by atoms with Gasteiger partial charge in [0.25, 0.3) is 0 Å². The molecular weight excluding hydrogens is 245 g/mol. The molecule has 1 aromatic rings. The van der Waals surface area contributed by atoms with Crippen molar-refractivity contribution >= 4 is 40.9 Å². The van der Waals surface area contributed by atoms with E-state index in [1.165, 1.54) is 11.8 Å². The van der Waals surface area contributed by atoms with Crippen LogP contribution in [0.3, 0.4) is 0 Å². The maximum Gasteiger partial charge on any atom is 0.230 e. The quantitative estimate of drug-likeness (QED) is 0.830. The molecule has 1 amide bonds. The van der Waals surface area contributed by atoms with Crippen molar-refractivity contribution in [2.24, 2.45) is 0 Å². The van der Waals surface area contributed by atoms with E-state index in [1.54, 1.807) is 13.1 Å². The van der Waals surface area contributed by atoms with Gasteiger partial charge in [-0.25, -0.2) is 0 Å². The van der Waals surface area contributed by atoms with Crippen LogP contribution in [-0.2, 0) is 4.79 Å². The van der Waals surface area contributed by atoms with Gasteiger partial charge in [0.05, 0.1) is 10.6 Å². The number of carbonyl (C=O) groups excluding carboxylic acids is 1. The summed E-state index contributed by atoms with van der Waals surface area (Å²) in [6, 6.07) is 1.57. The number of nitrogens with zero attached hydrogens (tertiary/aromatic N) is 2. The number of hydrogen-bond donors (Lipinski definition) is 1. The minimum absolute atomic E-state index is 0.0843. The number of nitrogens with one attached hydrogen (secondary N) is 1. The summed E-state index contributed by atoms with van der Waals surface area (Å²) in [5.41, 5.74) is 0. The fourth-order valence-corrected chi connectivity index (χ4v) is 1.91. The molecule has 14 heavy (non-hydrogen) atoms. The molecule has 76 valence electrons. The van der Waals surface area contributed by atoms with E-state index < -0.39 is 0 Å². The lowest BCUT2D eigenvalue weighted by Gasteiger charge is -2.01. The van der Waals surface area contributed by atoms with Crippen molar-refractivity contribution in [3.05, 3.63) is 16.4 Å². The molecule has 0 saturated carbocycles. The van der Waals surface area contributed by atoms with Gasteiger partial charge in [0.15, 0.2) is 10.3 Å². The molecule has 0 aromatic carbocycles. The van der Waals surface area contributed by atoms with Crippen molar-refractivity contribution in [3.63, 3.8) is 0 Å². The molecule has 1 N–H and O–H groups in total. The Kier molecular flexibility index (Phi) is 4.44. The molecule has 0 bridgehead atoms. The Hall–Kier alpha value is -0.520. The zero-order valence-corrected chi connectivity index (χ0v) is 9.58. The zero-order valence-electron chi connectivity index (χ0n) is 7.25. The van der Waals surface area contributed by atoms with Crippen LogP contribution in [-0.4, -0.2) is 28.9 Å². The van der Waals surface area contributed by atoms with Crippen molar-refractivity contribution in [1.82, 2.24) is 15.5 Å². The van der Waals surface area contributed by atoms with E-state index >= 15 is 0 Å². The number of thioether (sulfide) groups is 1. The van der Waals surface area contributed by atoms with Crippen LogP contribution in [0.15, 0.2) is 11.0 Å². The van der Waals surface area contributed by atoms with E-state index in [4.69, 9.17) is 23.2 Å². The average molecular weight is 252 g/mol. The van der Waals surface area contributed by atoms with Gasteiger partial charge in [-0.15, -0.1) is 22.0 Å². The molecule has 0 radical (unpaired) electrons. The summed E-state index contributed by atoms with van der Waals surface area (Å²) < 4.78 is 0. The normalized spacial score (nSPS) is 9.93. The van der Waals surface area contributed by atoms with Crippen molar-refractivity contribution in [1.29, 1.82) is 0 Å². The first-order valence-corrected chi connectivity index (χ1v) is 5.39. The molecular formula is C7H7Cl2N3OS. The van der Waals surface area contributed by atoms with Gasteiger partial charge in [0, 0.05) is 7.05 Å². The van der Waals surface area contributed by atoms with Crippen LogP contribution in [0.1, 0.15) is 0 Å². The average Bonchev–Trinajstić information content (AvgIpc) is 2.19. The third-order valence-electron chi connectivity index (χ3n) is 1.32. The predicted molar refractivity (Wildman–Crippen MR) is 56.8 cm³/mol. The number of amides is 1. The van der Waals surface area contributed by atoms with Gasteiger partial charge in [-0.2, -0.15) is 0 Å². The third kappa shape index (κ3) is 3.32. The molecule has 4 nitrogen and oxygen atoms in total. The maximum absolute atomic E-state index is 10.9.